The molecule has 2 aliphatic rings. The first-order chi connectivity index (χ1) is 27.6. The summed E-state index contributed by atoms with van der Waals surface area (Å²) in [6.45, 7) is 2.58. The van der Waals surface area contributed by atoms with Crippen LogP contribution in [0.15, 0.2) is 0 Å². The minimum atomic E-state index is -2.29. The van der Waals surface area contributed by atoms with Crippen molar-refractivity contribution < 1.29 is 63.9 Å². The van der Waals surface area contributed by atoms with Crippen LogP contribution in [0, 0.1) is 0 Å². The Morgan fingerprint density at radius 2 is 0.912 bits per heavy atom. The van der Waals surface area contributed by atoms with Crippen LogP contribution in [0.1, 0.15) is 194 Å². The van der Waals surface area contributed by atoms with E-state index in [0.717, 1.165) is 38.5 Å². The molecule has 2 rings (SSSR count). The predicted octanol–water partition coefficient (Wildman–Crippen LogP) is 6.67. The fraction of sp³-hybridized carbons (Fsp3) is 0.955. The number of ether oxygens (including phenoxy) is 5. The van der Waals surface area contributed by atoms with Gasteiger partial charge in [0.1, 0.15) is 55.9 Å². The van der Waals surface area contributed by atoms with Gasteiger partial charge in [0.2, 0.25) is 5.79 Å². The van der Waals surface area contributed by atoms with Gasteiger partial charge < -0.3 is 54.3 Å². The first-order valence-electron chi connectivity index (χ1n) is 22.9. The maximum Gasteiger partial charge on any atom is 0.305 e. The maximum atomic E-state index is 12.7. The zero-order chi connectivity index (χ0) is 41.7. The SMILES string of the molecule is CCCCCCCCCCCCCCCC(=O)OC[C@H]1O[C@H](O[C@]2(COC(=O)CCCCCCCCCCCCCCC)O[C@H](CO)[C@@H](O)[C@@H]2O)[C@H](O)[C@@H](O)[C@@H]1O. The Morgan fingerprint density at radius 1 is 0.509 bits per heavy atom. The predicted molar refractivity (Wildman–Crippen MR) is 217 cm³/mol. The topological polar surface area (TPSA) is 202 Å². The molecule has 0 aromatic rings. The van der Waals surface area contributed by atoms with Crippen molar-refractivity contribution in [2.24, 2.45) is 0 Å². The van der Waals surface area contributed by atoms with Crippen LogP contribution in [0.4, 0.5) is 0 Å². The molecule has 0 spiro atoms. The third-order valence-electron chi connectivity index (χ3n) is 11.5. The lowest BCUT2D eigenvalue weighted by Gasteiger charge is -2.43. The minimum absolute atomic E-state index is 0.107. The molecule has 57 heavy (non-hydrogen) atoms. The van der Waals surface area contributed by atoms with E-state index in [9.17, 15) is 40.2 Å². The number of hydrogen-bond acceptors (Lipinski definition) is 13. The number of aliphatic hydroxyl groups is 6. The van der Waals surface area contributed by atoms with Gasteiger partial charge in [0.15, 0.2) is 6.29 Å². The summed E-state index contributed by atoms with van der Waals surface area (Å²) in [5, 5.41) is 63.4. The van der Waals surface area contributed by atoms with Crippen molar-refractivity contribution in [2.45, 2.75) is 248 Å². The van der Waals surface area contributed by atoms with Crippen LogP contribution in [0.5, 0.6) is 0 Å². The van der Waals surface area contributed by atoms with Crippen LogP contribution in [-0.2, 0) is 33.3 Å². The Kier molecular flexibility index (Phi) is 28.5. The molecule has 0 radical (unpaired) electrons. The molecule has 0 aromatic carbocycles. The van der Waals surface area contributed by atoms with Crippen molar-refractivity contribution in [3.05, 3.63) is 0 Å². The molecule has 2 heterocycles. The first kappa shape index (κ1) is 51.7. The van der Waals surface area contributed by atoms with Crippen LogP contribution in [0.3, 0.4) is 0 Å². The average Bonchev–Trinajstić information content (AvgIpc) is 3.44. The third kappa shape index (κ3) is 20.6. The molecule has 9 atom stereocenters. The number of carbonyl (C=O) groups excluding carboxylic acids is 2. The van der Waals surface area contributed by atoms with Gasteiger partial charge in [-0.3, -0.25) is 9.59 Å². The van der Waals surface area contributed by atoms with Crippen LogP contribution >= 0.6 is 0 Å². The highest BCUT2D eigenvalue weighted by molar-refractivity contribution is 5.69. The van der Waals surface area contributed by atoms with Gasteiger partial charge in [-0.2, -0.15) is 0 Å². The molecule has 2 fully saturated rings. The zero-order valence-electron chi connectivity index (χ0n) is 35.6. The van der Waals surface area contributed by atoms with E-state index in [1.54, 1.807) is 0 Å². The quantitative estimate of drug-likeness (QED) is 0.0293. The fourth-order valence-corrected chi connectivity index (χ4v) is 7.68. The molecule has 2 saturated heterocycles. The Balaban J connectivity index is 1.75. The monoisotopic (exact) mass is 819 g/mol. The summed E-state index contributed by atoms with van der Waals surface area (Å²) in [6.07, 6.45) is 17.4. The summed E-state index contributed by atoms with van der Waals surface area (Å²) in [6, 6.07) is 0. The number of rotatable bonds is 35. The second-order valence-electron chi connectivity index (χ2n) is 16.5. The molecule has 13 heteroatoms. The summed E-state index contributed by atoms with van der Waals surface area (Å²) in [5.74, 6) is -3.38. The molecule has 0 saturated carbocycles. The number of esters is 2. The molecule has 6 N–H and O–H groups in total. The smallest absolute Gasteiger partial charge is 0.305 e. The van der Waals surface area contributed by atoms with E-state index in [4.69, 9.17) is 23.7 Å². The zero-order valence-corrected chi connectivity index (χ0v) is 35.6. The van der Waals surface area contributed by atoms with Crippen molar-refractivity contribution in [1.29, 1.82) is 0 Å². The Hall–Kier alpha value is -1.42. The van der Waals surface area contributed by atoms with Gasteiger partial charge in [-0.1, -0.05) is 168 Å². The molecular formula is C44H82O13. The van der Waals surface area contributed by atoms with Crippen molar-refractivity contribution >= 4 is 11.9 Å². The minimum Gasteiger partial charge on any atom is -0.463 e. The highest BCUT2D eigenvalue weighted by Crippen LogP contribution is 2.37. The highest BCUT2D eigenvalue weighted by atomic mass is 16.8. The van der Waals surface area contributed by atoms with E-state index in [1.165, 1.54) is 116 Å². The van der Waals surface area contributed by atoms with E-state index in [1.807, 2.05) is 0 Å². The average molecular weight is 819 g/mol. The summed E-state index contributed by atoms with van der Waals surface area (Å²) in [5.41, 5.74) is 0. The van der Waals surface area contributed by atoms with E-state index in [2.05, 4.69) is 13.8 Å². The van der Waals surface area contributed by atoms with Gasteiger partial charge in [-0.05, 0) is 12.8 Å². The maximum absolute atomic E-state index is 12.7. The van der Waals surface area contributed by atoms with Gasteiger partial charge >= 0.3 is 11.9 Å². The molecular weight excluding hydrogens is 736 g/mol. The molecule has 336 valence electrons. The lowest BCUT2D eigenvalue weighted by molar-refractivity contribution is -0.383. The van der Waals surface area contributed by atoms with Crippen LogP contribution in [0.25, 0.3) is 0 Å². The van der Waals surface area contributed by atoms with Crippen LogP contribution < -0.4 is 0 Å². The Bertz CT molecular complexity index is 1020. The normalized spacial score (nSPS) is 27.5. The number of unbranched alkanes of at least 4 members (excludes halogenated alkanes) is 24. The first-order valence-corrected chi connectivity index (χ1v) is 22.9. The summed E-state index contributed by atoms with van der Waals surface area (Å²) < 4.78 is 28.0. The fourth-order valence-electron chi connectivity index (χ4n) is 7.68. The van der Waals surface area contributed by atoms with Gasteiger partial charge in [0, 0.05) is 12.8 Å². The van der Waals surface area contributed by atoms with Crippen molar-refractivity contribution in [2.75, 3.05) is 19.8 Å². The van der Waals surface area contributed by atoms with Crippen molar-refractivity contribution in [3.63, 3.8) is 0 Å². The standard InChI is InChI=1S/C44H82O13/c1-3-5-7-9-11-13-15-17-19-21-23-25-27-29-36(46)53-32-35-38(48)40(50)41(51)43(55-35)57-44(42(52)39(49)34(31-45)56-44)33-54-37(47)30-28-26-24-22-20-18-16-14-12-10-8-6-4-2/h34-35,38-43,45,48-52H,3-33H2,1-2H3/t34-,35-,38-,39-,40+,41-,42+,43-,44+/m1/s1. The number of hydrogen-bond donors (Lipinski definition) is 6. The second kappa shape index (κ2) is 31.5. The van der Waals surface area contributed by atoms with Gasteiger partial charge in [0.05, 0.1) is 6.61 Å². The molecule has 0 bridgehead atoms. The largest absolute Gasteiger partial charge is 0.463 e. The molecule has 0 aliphatic carbocycles. The van der Waals surface area contributed by atoms with E-state index in [-0.39, 0.29) is 12.8 Å². The van der Waals surface area contributed by atoms with Crippen LogP contribution in [0.2, 0.25) is 0 Å². The van der Waals surface area contributed by atoms with Gasteiger partial charge in [-0.25, -0.2) is 0 Å². The molecule has 0 aromatic heterocycles. The number of carbonyl (C=O) groups is 2. The second-order valence-corrected chi connectivity index (χ2v) is 16.5. The van der Waals surface area contributed by atoms with Crippen molar-refractivity contribution in [1.82, 2.24) is 0 Å². The third-order valence-corrected chi connectivity index (χ3v) is 11.5. The Morgan fingerprint density at radius 3 is 1.32 bits per heavy atom. The van der Waals surface area contributed by atoms with Crippen LogP contribution in [-0.4, -0.2) is 117 Å². The highest BCUT2D eigenvalue weighted by Gasteiger charge is 2.59. The summed E-state index contributed by atoms with van der Waals surface area (Å²) in [7, 11) is 0. The van der Waals surface area contributed by atoms with Crippen molar-refractivity contribution in [3.8, 4) is 0 Å². The summed E-state index contributed by atoms with van der Waals surface area (Å²) in [4.78, 5) is 25.2. The van der Waals surface area contributed by atoms with E-state index >= 15 is 0 Å². The molecule has 13 nitrogen and oxygen atoms in total. The van der Waals surface area contributed by atoms with Gasteiger partial charge in [0.25, 0.3) is 0 Å². The van der Waals surface area contributed by atoms with Gasteiger partial charge in [-0.15, -0.1) is 0 Å². The van der Waals surface area contributed by atoms with E-state index < -0.39 is 86.6 Å². The Labute approximate surface area is 343 Å². The van der Waals surface area contributed by atoms with E-state index in [0.29, 0.717) is 12.8 Å². The number of aliphatic hydroxyl groups excluding tert-OH is 6. The molecule has 0 unspecified atom stereocenters. The lowest BCUT2D eigenvalue weighted by Crippen LogP contribution is -2.63. The lowest BCUT2D eigenvalue weighted by atomic mass is 9.99. The summed E-state index contributed by atoms with van der Waals surface area (Å²) >= 11 is 0. The molecule has 0 amide bonds. The molecule has 2 aliphatic heterocycles.